The molecule has 6 aromatic rings. The summed E-state index contributed by atoms with van der Waals surface area (Å²) in [5.41, 5.74) is 6.32. The van der Waals surface area contributed by atoms with Crippen LogP contribution in [-0.4, -0.2) is 0 Å². The predicted molar refractivity (Wildman–Crippen MR) is 307 cm³/mol. The molecule has 388 valence electrons. The monoisotopic (exact) mass is 1030 g/mol. The number of nitrogens with one attached hydrogen (secondary N) is 2. The van der Waals surface area contributed by atoms with Gasteiger partial charge in [-0.1, -0.05) is 0 Å². The number of hydrogen-bond acceptors (Lipinski definition) is 9. The Morgan fingerprint density at radius 1 is 0.306 bits per heavy atom. The van der Waals surface area contributed by atoms with Gasteiger partial charge in [0.05, 0.1) is 0 Å². The molecule has 1 aliphatic heterocycles. The topological polar surface area (TPSA) is 91.8 Å². The first-order valence-corrected chi connectivity index (χ1v) is 30.4. The molecule has 9 nitrogen and oxygen atoms in total. The summed E-state index contributed by atoms with van der Waals surface area (Å²) in [4.78, 5) is 7.61. The Kier molecular flexibility index (Phi) is 15.3. The number of hydrogen-bond donors (Lipinski definition) is 2. The fourth-order valence-corrected chi connectivity index (χ4v) is 19.6. The SMILES string of the molecule is CC(C)(C)c1ccc(OP2(Oc3ccc(C(C)(C)C)cc3)=N[PH](Oc3ccc(C(C)(C)C)cc3)(Oc3ccc(C(C)(C)C)cc3)N[PH](Oc3ccc(C(C)(C)C)cc3)(Oc3ccc(C(C)(C)C)cc3)N2)cc1. The van der Waals surface area contributed by atoms with E-state index in [4.69, 9.17) is 31.7 Å². The molecule has 0 saturated heterocycles. The molecule has 0 aliphatic carbocycles. The first-order valence-electron chi connectivity index (χ1n) is 25.2. The van der Waals surface area contributed by atoms with Crippen LogP contribution in [0.25, 0.3) is 0 Å². The van der Waals surface area contributed by atoms with Crippen molar-refractivity contribution in [3.63, 3.8) is 0 Å². The van der Waals surface area contributed by atoms with E-state index in [1.807, 2.05) is 72.8 Å². The minimum atomic E-state index is -4.42. The van der Waals surface area contributed by atoms with Crippen LogP contribution in [0, 0.1) is 0 Å². The normalized spacial score (nSPS) is 16.9. The van der Waals surface area contributed by atoms with Gasteiger partial charge in [-0.25, -0.2) is 0 Å². The van der Waals surface area contributed by atoms with E-state index >= 15 is 0 Å². The zero-order valence-electron chi connectivity index (χ0n) is 46.2. The Morgan fingerprint density at radius 2 is 0.514 bits per heavy atom. The van der Waals surface area contributed by atoms with E-state index in [2.05, 4.69) is 207 Å². The zero-order valence-corrected chi connectivity index (χ0v) is 49.1. The Bertz CT molecular complexity index is 2640. The maximum absolute atomic E-state index is 7.41. The molecular weight excluding hydrogens is 952 g/mol. The second-order valence-corrected chi connectivity index (χ2v) is 32.6. The van der Waals surface area contributed by atoms with Gasteiger partial charge in [-0.15, -0.1) is 0 Å². The molecule has 1 heterocycles. The van der Waals surface area contributed by atoms with Crippen molar-refractivity contribution in [2.75, 3.05) is 0 Å². The minimum absolute atomic E-state index is 0.0958. The summed E-state index contributed by atoms with van der Waals surface area (Å²) in [6.07, 6.45) is 0. The summed E-state index contributed by atoms with van der Waals surface area (Å²) in [5, 5.41) is 0. The van der Waals surface area contributed by atoms with E-state index in [-0.39, 0.29) is 32.5 Å². The van der Waals surface area contributed by atoms with E-state index in [0.29, 0.717) is 34.5 Å². The summed E-state index contributed by atoms with van der Waals surface area (Å²) in [6.45, 7) is 39.5. The number of rotatable bonds is 12. The Morgan fingerprint density at radius 3 is 0.736 bits per heavy atom. The van der Waals surface area contributed by atoms with Gasteiger partial charge in [-0.2, -0.15) is 0 Å². The Labute approximate surface area is 433 Å². The van der Waals surface area contributed by atoms with Crippen LogP contribution in [0.3, 0.4) is 0 Å². The number of nitrogens with zero attached hydrogens (tertiary/aromatic N) is 1. The van der Waals surface area contributed by atoms with Gasteiger partial charge in [0.15, 0.2) is 0 Å². The van der Waals surface area contributed by atoms with Crippen LogP contribution in [0.5, 0.6) is 34.5 Å². The van der Waals surface area contributed by atoms with Crippen molar-refractivity contribution in [2.24, 2.45) is 4.52 Å². The van der Waals surface area contributed by atoms with Crippen LogP contribution in [0.1, 0.15) is 158 Å². The van der Waals surface area contributed by atoms with Gasteiger partial charge in [0.25, 0.3) is 0 Å². The fourth-order valence-electron chi connectivity index (χ4n) is 8.04. The Hall–Kier alpha value is -4.87. The molecule has 0 bridgehead atoms. The predicted octanol–water partition coefficient (Wildman–Crippen LogP) is 18.2. The van der Waals surface area contributed by atoms with E-state index in [0.717, 1.165) is 33.4 Å². The van der Waals surface area contributed by atoms with Crippen molar-refractivity contribution in [1.29, 1.82) is 0 Å². The molecule has 7 rings (SSSR count). The molecule has 0 aromatic heterocycles. The molecule has 0 unspecified atom stereocenters. The van der Waals surface area contributed by atoms with Gasteiger partial charge < -0.3 is 0 Å². The Balaban J connectivity index is 1.54. The van der Waals surface area contributed by atoms with Gasteiger partial charge in [0.2, 0.25) is 0 Å². The van der Waals surface area contributed by atoms with Crippen LogP contribution in [0.2, 0.25) is 0 Å². The van der Waals surface area contributed by atoms with E-state index in [9.17, 15) is 0 Å². The summed E-state index contributed by atoms with van der Waals surface area (Å²) in [6, 6.07) is 48.8. The molecule has 72 heavy (non-hydrogen) atoms. The summed E-state index contributed by atoms with van der Waals surface area (Å²) in [7, 11) is -12.7. The third kappa shape index (κ3) is 13.8. The van der Waals surface area contributed by atoms with Crippen molar-refractivity contribution in [1.82, 2.24) is 9.72 Å². The third-order valence-electron chi connectivity index (χ3n) is 12.7. The molecule has 0 atom stereocenters. The van der Waals surface area contributed by atoms with Gasteiger partial charge in [-0.05, 0) is 0 Å². The molecule has 2 N–H and O–H groups in total. The van der Waals surface area contributed by atoms with Crippen molar-refractivity contribution >= 4 is 23.7 Å². The summed E-state index contributed by atoms with van der Waals surface area (Å²) in [5.74, 6) is 3.23. The van der Waals surface area contributed by atoms with Crippen molar-refractivity contribution in [2.45, 2.75) is 157 Å². The molecule has 6 aromatic carbocycles. The van der Waals surface area contributed by atoms with Gasteiger partial charge in [0.1, 0.15) is 0 Å². The molecule has 0 fully saturated rings. The molecule has 12 heteroatoms. The zero-order chi connectivity index (χ0) is 52.8. The van der Waals surface area contributed by atoms with Gasteiger partial charge in [-0.3, -0.25) is 0 Å². The van der Waals surface area contributed by atoms with Crippen LogP contribution in [-0.2, 0) is 32.5 Å². The average molecular weight is 1030 g/mol. The molecule has 0 spiro atoms. The molecule has 1 aliphatic rings. The fraction of sp³-hybridized carbons (Fsp3) is 0.400. The molecular formula is C60H82N3O6P3. The van der Waals surface area contributed by atoms with Crippen molar-refractivity contribution < 1.29 is 27.1 Å². The van der Waals surface area contributed by atoms with E-state index in [1.54, 1.807) is 0 Å². The summed E-state index contributed by atoms with van der Waals surface area (Å²) < 4.78 is 49.9. The quantitative estimate of drug-likeness (QED) is 0.117. The van der Waals surface area contributed by atoms with Crippen LogP contribution >= 0.6 is 23.7 Å². The van der Waals surface area contributed by atoms with Crippen molar-refractivity contribution in [3.05, 3.63) is 179 Å². The van der Waals surface area contributed by atoms with E-state index in [1.165, 1.54) is 0 Å². The molecule has 0 saturated carbocycles. The standard InChI is InChI=1S/C60H82N3O6P3/c1-55(2,3)43-19-31-49(32-20-43)64-70(65-50-33-21-44(22-34-50)56(4,5)6)61-71(66-51-35-23-45(24-36-51)57(7,8)9,67-52-37-25-46(26-38-52)58(10,11)12)63-72(62-70,68-53-39-27-47(28-40-53)59(13,14)15)69-54-41-29-48(30-42-54)60(16,17)18/h19-42,61-62,70-71H,1-18H3. The third-order valence-corrected chi connectivity index (χ3v) is 22.7. The molecule has 0 radical (unpaired) electrons. The van der Waals surface area contributed by atoms with Crippen LogP contribution in [0.15, 0.2) is 150 Å². The second kappa shape index (κ2) is 20.1. The summed E-state index contributed by atoms with van der Waals surface area (Å²) >= 11 is 0. The van der Waals surface area contributed by atoms with E-state index < -0.39 is 23.7 Å². The van der Waals surface area contributed by atoms with Crippen LogP contribution in [0.4, 0.5) is 0 Å². The maximum atomic E-state index is 7.41. The van der Waals surface area contributed by atoms with Crippen LogP contribution < -0.4 is 36.9 Å². The molecule has 0 amide bonds. The van der Waals surface area contributed by atoms with Gasteiger partial charge >= 0.3 is 436 Å². The average Bonchev–Trinajstić information content (AvgIpc) is 3.25. The van der Waals surface area contributed by atoms with Crippen molar-refractivity contribution in [3.8, 4) is 34.5 Å². The van der Waals surface area contributed by atoms with Gasteiger partial charge in [0, 0.05) is 0 Å². The first kappa shape index (κ1) is 54.9. The first-order chi connectivity index (χ1) is 33.2. The number of benzene rings is 6. The second-order valence-electron chi connectivity index (χ2n) is 25.3.